The molecule has 0 unspecified atom stereocenters. The van der Waals surface area contributed by atoms with Crippen molar-refractivity contribution in [3.8, 4) is 0 Å². The molecule has 2 aromatic carbocycles. The number of nitrogens with two attached hydrogens (primary N) is 1. The Morgan fingerprint density at radius 1 is 1.04 bits per heavy atom. The first-order chi connectivity index (χ1) is 11.9. The first kappa shape index (κ1) is 17.4. The van der Waals surface area contributed by atoms with Crippen molar-refractivity contribution in [2.24, 2.45) is 5.92 Å². The Balaban J connectivity index is 1.57. The van der Waals surface area contributed by atoms with Gasteiger partial charge >= 0.3 is 0 Å². The fourth-order valence-electron chi connectivity index (χ4n) is 2.38. The van der Waals surface area contributed by atoms with Crippen LogP contribution in [-0.2, 0) is 21.2 Å². The van der Waals surface area contributed by atoms with E-state index in [1.165, 1.54) is 12.1 Å². The van der Waals surface area contributed by atoms with Crippen molar-refractivity contribution in [1.82, 2.24) is 4.72 Å². The van der Waals surface area contributed by atoms with Crippen LogP contribution in [0.25, 0.3) is 0 Å². The summed E-state index contributed by atoms with van der Waals surface area (Å²) in [7, 11) is -3.49. The zero-order valence-electron chi connectivity index (χ0n) is 13.7. The number of benzene rings is 2. The summed E-state index contributed by atoms with van der Waals surface area (Å²) in [6.07, 6.45) is 2.40. The van der Waals surface area contributed by atoms with Crippen molar-refractivity contribution < 1.29 is 13.2 Å². The quantitative estimate of drug-likeness (QED) is 0.659. The van der Waals surface area contributed by atoms with Crippen molar-refractivity contribution in [1.29, 1.82) is 0 Å². The summed E-state index contributed by atoms with van der Waals surface area (Å²) in [6.45, 7) is 0.489. The van der Waals surface area contributed by atoms with Crippen LogP contribution in [0.15, 0.2) is 53.4 Å². The summed E-state index contributed by atoms with van der Waals surface area (Å²) in [6, 6.07) is 13.3. The van der Waals surface area contributed by atoms with Crippen LogP contribution in [0.3, 0.4) is 0 Å². The molecule has 4 N–H and O–H groups in total. The van der Waals surface area contributed by atoms with Crippen LogP contribution in [0.1, 0.15) is 18.4 Å². The Labute approximate surface area is 147 Å². The van der Waals surface area contributed by atoms with Crippen LogP contribution in [0.4, 0.5) is 11.4 Å². The van der Waals surface area contributed by atoms with Crippen molar-refractivity contribution in [3.63, 3.8) is 0 Å². The van der Waals surface area contributed by atoms with Gasteiger partial charge in [0, 0.05) is 17.9 Å². The average molecular weight is 359 g/mol. The van der Waals surface area contributed by atoms with Gasteiger partial charge < -0.3 is 11.1 Å². The Kier molecular flexibility index (Phi) is 5.06. The molecule has 1 amide bonds. The molecule has 7 heteroatoms. The molecule has 2 aromatic rings. The van der Waals surface area contributed by atoms with Crippen LogP contribution in [-0.4, -0.2) is 20.9 Å². The van der Waals surface area contributed by atoms with Gasteiger partial charge in [-0.05, 0) is 60.7 Å². The minimum atomic E-state index is -3.49. The maximum absolute atomic E-state index is 12.2. The molecule has 6 nitrogen and oxygen atoms in total. The predicted octanol–water partition coefficient (Wildman–Crippen LogP) is 2.14. The third kappa shape index (κ3) is 5.04. The highest BCUT2D eigenvalue weighted by Gasteiger charge is 2.24. The average Bonchev–Trinajstić information content (AvgIpc) is 3.40. The Bertz CT molecular complexity index is 842. The molecule has 1 aliphatic rings. The molecule has 0 bridgehead atoms. The lowest BCUT2D eigenvalue weighted by Crippen LogP contribution is -2.25. The second-order valence-electron chi connectivity index (χ2n) is 6.29. The molecule has 1 saturated carbocycles. The van der Waals surface area contributed by atoms with Crippen molar-refractivity contribution in [2.45, 2.75) is 24.2 Å². The first-order valence-electron chi connectivity index (χ1n) is 8.16. The molecule has 0 saturated heterocycles. The van der Waals surface area contributed by atoms with Gasteiger partial charge in [0.15, 0.2) is 0 Å². The van der Waals surface area contributed by atoms with E-state index in [-0.39, 0.29) is 17.2 Å². The maximum atomic E-state index is 12.2. The number of hydrogen-bond donors (Lipinski definition) is 3. The topological polar surface area (TPSA) is 101 Å². The molecular weight excluding hydrogens is 338 g/mol. The molecule has 0 spiro atoms. The SMILES string of the molecule is Nc1ccc(CC(=O)Nc2ccc(S(=O)(=O)NCC3CC3)cc2)cc1. The standard InChI is InChI=1S/C18H21N3O3S/c19-15-5-3-13(4-6-15)11-18(22)21-16-7-9-17(10-8-16)25(23,24)20-12-14-1-2-14/h3-10,14,20H,1-2,11-12,19H2,(H,21,22). The predicted molar refractivity (Wildman–Crippen MR) is 97.5 cm³/mol. The van der Waals surface area contributed by atoms with Gasteiger partial charge in [0.25, 0.3) is 0 Å². The van der Waals surface area contributed by atoms with Gasteiger partial charge in [0.05, 0.1) is 11.3 Å². The molecule has 3 rings (SSSR count). The Morgan fingerprint density at radius 3 is 2.28 bits per heavy atom. The zero-order valence-corrected chi connectivity index (χ0v) is 14.6. The van der Waals surface area contributed by atoms with Gasteiger partial charge in [-0.3, -0.25) is 4.79 Å². The summed E-state index contributed by atoms with van der Waals surface area (Å²) in [5, 5.41) is 2.76. The van der Waals surface area contributed by atoms with Gasteiger partial charge in [-0.25, -0.2) is 13.1 Å². The van der Waals surface area contributed by atoms with E-state index in [0.29, 0.717) is 23.8 Å². The van der Waals surface area contributed by atoms with E-state index in [9.17, 15) is 13.2 Å². The molecular formula is C18H21N3O3S. The van der Waals surface area contributed by atoms with Gasteiger partial charge in [0.1, 0.15) is 0 Å². The zero-order chi connectivity index (χ0) is 17.9. The van der Waals surface area contributed by atoms with Crippen LogP contribution in [0.2, 0.25) is 0 Å². The minimum Gasteiger partial charge on any atom is -0.399 e. The number of carbonyl (C=O) groups excluding carboxylic acids is 1. The number of anilines is 2. The molecule has 132 valence electrons. The molecule has 0 heterocycles. The van der Waals surface area contributed by atoms with E-state index in [4.69, 9.17) is 5.73 Å². The lowest BCUT2D eigenvalue weighted by atomic mass is 10.1. The molecule has 25 heavy (non-hydrogen) atoms. The number of amides is 1. The van der Waals surface area contributed by atoms with E-state index in [0.717, 1.165) is 18.4 Å². The molecule has 1 aliphatic carbocycles. The Morgan fingerprint density at radius 2 is 1.68 bits per heavy atom. The summed E-state index contributed by atoms with van der Waals surface area (Å²) >= 11 is 0. The van der Waals surface area contributed by atoms with Gasteiger partial charge in [-0.15, -0.1) is 0 Å². The second-order valence-corrected chi connectivity index (χ2v) is 8.05. The number of nitrogens with one attached hydrogen (secondary N) is 2. The van der Waals surface area contributed by atoms with Crippen LogP contribution in [0.5, 0.6) is 0 Å². The van der Waals surface area contributed by atoms with Crippen LogP contribution >= 0.6 is 0 Å². The molecule has 0 aliphatic heterocycles. The lowest BCUT2D eigenvalue weighted by molar-refractivity contribution is -0.115. The highest BCUT2D eigenvalue weighted by atomic mass is 32.2. The smallest absolute Gasteiger partial charge is 0.240 e. The van der Waals surface area contributed by atoms with E-state index in [2.05, 4.69) is 10.0 Å². The van der Waals surface area contributed by atoms with Crippen LogP contribution in [0, 0.1) is 5.92 Å². The minimum absolute atomic E-state index is 0.174. The van der Waals surface area contributed by atoms with Crippen LogP contribution < -0.4 is 15.8 Å². The molecule has 0 aromatic heterocycles. The summed E-state index contributed by atoms with van der Waals surface area (Å²) in [4.78, 5) is 12.3. The fourth-order valence-corrected chi connectivity index (χ4v) is 3.49. The van der Waals surface area contributed by atoms with Crippen molar-refractivity contribution in [3.05, 3.63) is 54.1 Å². The largest absolute Gasteiger partial charge is 0.399 e. The third-order valence-corrected chi connectivity index (χ3v) is 5.49. The number of nitrogen functional groups attached to an aromatic ring is 1. The number of sulfonamides is 1. The summed E-state index contributed by atoms with van der Waals surface area (Å²) in [5.74, 6) is 0.300. The van der Waals surface area contributed by atoms with E-state index >= 15 is 0 Å². The van der Waals surface area contributed by atoms with Gasteiger partial charge in [0.2, 0.25) is 15.9 Å². The van der Waals surface area contributed by atoms with E-state index < -0.39 is 10.0 Å². The summed E-state index contributed by atoms with van der Waals surface area (Å²) in [5.41, 5.74) is 7.68. The first-order valence-corrected chi connectivity index (χ1v) is 9.65. The van der Waals surface area contributed by atoms with Crippen molar-refractivity contribution >= 4 is 27.3 Å². The lowest BCUT2D eigenvalue weighted by Gasteiger charge is -2.08. The molecule has 0 atom stereocenters. The van der Waals surface area contributed by atoms with Crippen molar-refractivity contribution in [2.75, 3.05) is 17.6 Å². The number of rotatable bonds is 7. The van der Waals surface area contributed by atoms with E-state index in [1.807, 2.05) is 0 Å². The monoisotopic (exact) mass is 359 g/mol. The van der Waals surface area contributed by atoms with E-state index in [1.54, 1.807) is 36.4 Å². The third-order valence-electron chi connectivity index (χ3n) is 4.05. The Hall–Kier alpha value is -2.38. The fraction of sp³-hybridized carbons (Fsp3) is 0.278. The second kappa shape index (κ2) is 7.25. The highest BCUT2D eigenvalue weighted by molar-refractivity contribution is 7.89. The molecule has 0 radical (unpaired) electrons. The normalized spacial score (nSPS) is 14.2. The maximum Gasteiger partial charge on any atom is 0.240 e. The number of carbonyl (C=O) groups is 1. The van der Waals surface area contributed by atoms with Gasteiger partial charge in [-0.2, -0.15) is 0 Å². The molecule has 1 fully saturated rings. The van der Waals surface area contributed by atoms with Gasteiger partial charge in [-0.1, -0.05) is 12.1 Å². The summed E-state index contributed by atoms with van der Waals surface area (Å²) < 4.78 is 26.9. The number of hydrogen-bond acceptors (Lipinski definition) is 4. The highest BCUT2D eigenvalue weighted by Crippen LogP contribution is 2.28.